The second-order valence-electron chi connectivity index (χ2n) is 5.92. The summed E-state index contributed by atoms with van der Waals surface area (Å²) in [5.74, 6) is 1.16. The number of rotatable bonds is 4. The molecule has 0 bridgehead atoms. The molecule has 2 nitrogen and oxygen atoms in total. The number of fused-ring (bicyclic) bond motifs is 1. The van der Waals surface area contributed by atoms with Crippen LogP contribution in [0.25, 0.3) is 11.0 Å². The molecule has 22 heavy (non-hydrogen) atoms. The molecule has 1 aromatic heterocycles. The molecular formula is C19H21ClN2. The third-order valence-corrected chi connectivity index (χ3v) is 4.42. The van der Waals surface area contributed by atoms with Crippen LogP contribution in [0, 0.1) is 13.8 Å². The lowest BCUT2D eigenvalue weighted by atomic mass is 10.1. The maximum Gasteiger partial charge on any atom is 0.110 e. The van der Waals surface area contributed by atoms with Gasteiger partial charge in [0, 0.05) is 18.0 Å². The van der Waals surface area contributed by atoms with Crippen molar-refractivity contribution >= 4 is 22.6 Å². The Morgan fingerprint density at radius 3 is 2.41 bits per heavy atom. The summed E-state index contributed by atoms with van der Waals surface area (Å²) in [7, 11) is 0. The van der Waals surface area contributed by atoms with E-state index in [2.05, 4.69) is 49.6 Å². The summed E-state index contributed by atoms with van der Waals surface area (Å²) < 4.78 is 2.34. The fraction of sp³-hybridized carbons (Fsp3) is 0.316. The van der Waals surface area contributed by atoms with Crippen molar-refractivity contribution in [2.24, 2.45) is 0 Å². The minimum atomic E-state index is 0.777. The van der Waals surface area contributed by atoms with Crippen molar-refractivity contribution in [3.05, 3.63) is 63.9 Å². The van der Waals surface area contributed by atoms with Crippen LogP contribution < -0.4 is 0 Å². The summed E-state index contributed by atoms with van der Waals surface area (Å²) in [6, 6.07) is 12.5. The zero-order valence-electron chi connectivity index (χ0n) is 13.4. The van der Waals surface area contributed by atoms with Crippen LogP contribution in [0.3, 0.4) is 0 Å². The predicted octanol–water partition coefficient (Wildman–Crippen LogP) is 5.31. The van der Waals surface area contributed by atoms with E-state index in [9.17, 15) is 0 Å². The number of aromatic nitrogens is 2. The highest BCUT2D eigenvalue weighted by molar-refractivity contribution is 6.30. The van der Waals surface area contributed by atoms with Crippen LogP contribution in [0.1, 0.15) is 35.9 Å². The minimum Gasteiger partial charge on any atom is -0.323 e. The molecule has 1 heterocycles. The first-order valence-electron chi connectivity index (χ1n) is 7.79. The van der Waals surface area contributed by atoms with Gasteiger partial charge in [-0.2, -0.15) is 0 Å². The molecule has 0 unspecified atom stereocenters. The molecule has 0 atom stereocenters. The van der Waals surface area contributed by atoms with E-state index >= 15 is 0 Å². The van der Waals surface area contributed by atoms with E-state index in [-0.39, 0.29) is 0 Å². The average molecular weight is 313 g/mol. The van der Waals surface area contributed by atoms with E-state index in [1.165, 1.54) is 22.2 Å². The summed E-state index contributed by atoms with van der Waals surface area (Å²) in [4.78, 5) is 4.85. The number of hydrogen-bond donors (Lipinski definition) is 0. The highest BCUT2D eigenvalue weighted by atomic mass is 35.5. The number of halogens is 1. The number of hydrogen-bond acceptors (Lipinski definition) is 1. The molecule has 0 aliphatic carbocycles. The fourth-order valence-corrected chi connectivity index (χ4v) is 2.92. The molecule has 0 aliphatic heterocycles. The molecule has 0 fully saturated rings. The quantitative estimate of drug-likeness (QED) is 0.638. The van der Waals surface area contributed by atoms with Gasteiger partial charge in [0.05, 0.1) is 11.0 Å². The van der Waals surface area contributed by atoms with Gasteiger partial charge in [-0.15, -0.1) is 0 Å². The van der Waals surface area contributed by atoms with E-state index in [1.807, 2.05) is 12.1 Å². The summed E-state index contributed by atoms with van der Waals surface area (Å²) in [5.41, 5.74) is 6.18. The lowest BCUT2D eigenvalue weighted by Gasteiger charge is -2.10. The molecule has 0 amide bonds. The van der Waals surface area contributed by atoms with Gasteiger partial charge in [-0.05, 0) is 61.2 Å². The summed E-state index contributed by atoms with van der Waals surface area (Å²) >= 11 is 5.99. The second kappa shape index (κ2) is 6.13. The Hall–Kier alpha value is -1.80. The lowest BCUT2D eigenvalue weighted by molar-refractivity contribution is 0.721. The largest absolute Gasteiger partial charge is 0.323 e. The maximum absolute atomic E-state index is 5.99. The van der Waals surface area contributed by atoms with Crippen molar-refractivity contribution in [3.63, 3.8) is 0 Å². The van der Waals surface area contributed by atoms with Crippen molar-refractivity contribution in [2.75, 3.05) is 0 Å². The first-order chi connectivity index (χ1) is 10.6. The Labute approximate surface area is 136 Å². The topological polar surface area (TPSA) is 17.8 Å². The molecule has 0 spiro atoms. The zero-order valence-corrected chi connectivity index (χ0v) is 14.1. The van der Waals surface area contributed by atoms with Gasteiger partial charge in [-0.25, -0.2) is 4.98 Å². The highest BCUT2D eigenvalue weighted by Gasteiger charge is 2.12. The number of aryl methyl sites for hydroxylation is 3. The Kier molecular flexibility index (Phi) is 4.21. The van der Waals surface area contributed by atoms with Gasteiger partial charge in [0.25, 0.3) is 0 Å². The van der Waals surface area contributed by atoms with Crippen molar-refractivity contribution in [1.29, 1.82) is 0 Å². The summed E-state index contributed by atoms with van der Waals surface area (Å²) in [6.45, 7) is 7.34. The second-order valence-corrected chi connectivity index (χ2v) is 6.35. The van der Waals surface area contributed by atoms with Crippen molar-refractivity contribution < 1.29 is 0 Å². The Balaban J connectivity index is 2.10. The molecule has 0 aliphatic rings. The zero-order chi connectivity index (χ0) is 15.7. The summed E-state index contributed by atoms with van der Waals surface area (Å²) in [6.07, 6.45) is 2.10. The van der Waals surface area contributed by atoms with Crippen molar-refractivity contribution in [1.82, 2.24) is 9.55 Å². The van der Waals surface area contributed by atoms with Gasteiger partial charge in [0.1, 0.15) is 5.82 Å². The van der Waals surface area contributed by atoms with Gasteiger partial charge in [0.15, 0.2) is 0 Å². The summed E-state index contributed by atoms with van der Waals surface area (Å²) in [5, 5.41) is 0.777. The third kappa shape index (κ3) is 2.89. The van der Waals surface area contributed by atoms with Gasteiger partial charge in [0.2, 0.25) is 0 Å². The van der Waals surface area contributed by atoms with E-state index in [0.717, 1.165) is 35.8 Å². The first-order valence-corrected chi connectivity index (χ1v) is 8.17. The van der Waals surface area contributed by atoms with E-state index in [0.29, 0.717) is 0 Å². The van der Waals surface area contributed by atoms with Crippen molar-refractivity contribution in [3.8, 4) is 0 Å². The molecule has 0 radical (unpaired) electrons. The van der Waals surface area contributed by atoms with E-state index in [1.54, 1.807) is 0 Å². The first kappa shape index (κ1) is 15.1. The van der Waals surface area contributed by atoms with E-state index in [4.69, 9.17) is 16.6 Å². The van der Waals surface area contributed by atoms with Crippen LogP contribution in [-0.4, -0.2) is 9.55 Å². The maximum atomic E-state index is 5.99. The highest BCUT2D eigenvalue weighted by Crippen LogP contribution is 2.23. The van der Waals surface area contributed by atoms with Crippen LogP contribution in [0.5, 0.6) is 0 Å². The van der Waals surface area contributed by atoms with Gasteiger partial charge >= 0.3 is 0 Å². The van der Waals surface area contributed by atoms with Gasteiger partial charge in [-0.1, -0.05) is 30.7 Å². The van der Waals surface area contributed by atoms with Gasteiger partial charge in [-0.3, -0.25) is 0 Å². The molecule has 0 saturated carbocycles. The molecule has 0 N–H and O–H groups in total. The number of benzene rings is 2. The fourth-order valence-electron chi connectivity index (χ4n) is 2.79. The predicted molar refractivity (Wildman–Crippen MR) is 93.8 cm³/mol. The normalized spacial score (nSPS) is 11.3. The molecule has 2 aromatic carbocycles. The number of imidazole rings is 1. The molecule has 114 valence electrons. The SMILES string of the molecule is CCCc1nc2cc(C)c(C)cc2n1Cc1ccc(Cl)cc1. The smallest absolute Gasteiger partial charge is 0.110 e. The molecule has 3 heteroatoms. The lowest BCUT2D eigenvalue weighted by Crippen LogP contribution is -2.05. The minimum absolute atomic E-state index is 0.777. The number of nitrogens with zero attached hydrogens (tertiary/aromatic N) is 2. The molecule has 3 rings (SSSR count). The standard InChI is InChI=1S/C19H21ClN2/c1-4-5-19-21-17-10-13(2)14(3)11-18(17)22(19)12-15-6-8-16(20)9-7-15/h6-11H,4-5,12H2,1-3H3. The van der Waals surface area contributed by atoms with E-state index < -0.39 is 0 Å². The van der Waals surface area contributed by atoms with Crippen LogP contribution >= 0.6 is 11.6 Å². The Bertz CT molecular complexity index is 800. The third-order valence-electron chi connectivity index (χ3n) is 4.17. The molecular weight excluding hydrogens is 292 g/mol. The van der Waals surface area contributed by atoms with Crippen molar-refractivity contribution in [2.45, 2.75) is 40.2 Å². The Morgan fingerprint density at radius 2 is 1.73 bits per heavy atom. The van der Waals surface area contributed by atoms with Gasteiger partial charge < -0.3 is 4.57 Å². The van der Waals surface area contributed by atoms with Crippen LogP contribution in [0.2, 0.25) is 5.02 Å². The molecule has 3 aromatic rings. The monoisotopic (exact) mass is 312 g/mol. The van der Waals surface area contributed by atoms with Crippen LogP contribution in [0.15, 0.2) is 36.4 Å². The average Bonchev–Trinajstić information content (AvgIpc) is 2.80. The van der Waals surface area contributed by atoms with Crippen LogP contribution in [0.4, 0.5) is 0 Å². The molecule has 0 saturated heterocycles. The Morgan fingerprint density at radius 1 is 1.05 bits per heavy atom. The van der Waals surface area contributed by atoms with Crippen LogP contribution in [-0.2, 0) is 13.0 Å².